The van der Waals surface area contributed by atoms with Gasteiger partial charge in [0.15, 0.2) is 0 Å². The third-order valence-electron chi connectivity index (χ3n) is 5.09. The Kier molecular flexibility index (Phi) is 7.46. The lowest BCUT2D eigenvalue weighted by atomic mass is 10.1. The van der Waals surface area contributed by atoms with Crippen LogP contribution in [-0.2, 0) is 35.7 Å². The van der Waals surface area contributed by atoms with E-state index in [1.807, 2.05) is 12.1 Å². The summed E-state index contributed by atoms with van der Waals surface area (Å²) in [5, 5.41) is -0.365. The predicted octanol–water partition coefficient (Wildman–Crippen LogP) is 3.02. The molecule has 0 atom stereocenters. The molecule has 0 aliphatic heterocycles. The Morgan fingerprint density at radius 3 is 1.59 bits per heavy atom. The number of hydrogen-bond donors (Lipinski definition) is 2. The molecule has 0 fully saturated rings. The van der Waals surface area contributed by atoms with Gasteiger partial charge in [0, 0.05) is 12.1 Å². The molecule has 0 amide bonds. The summed E-state index contributed by atoms with van der Waals surface area (Å²) in [6.07, 6.45) is 3.75. The molecule has 148 valence electrons. The SMILES string of the molecule is CC(C)S(=O)(=O)NC1Cc2ccccc2C1.Cl.NC1Cc2ccccc2C1. The van der Waals surface area contributed by atoms with Crippen LogP contribution in [0.3, 0.4) is 0 Å². The highest BCUT2D eigenvalue weighted by atomic mass is 35.5. The average molecular weight is 409 g/mol. The Morgan fingerprint density at radius 2 is 1.22 bits per heavy atom. The van der Waals surface area contributed by atoms with Gasteiger partial charge in [0.05, 0.1) is 5.25 Å². The van der Waals surface area contributed by atoms with Crippen molar-refractivity contribution in [2.45, 2.75) is 56.9 Å². The van der Waals surface area contributed by atoms with Crippen LogP contribution in [0.25, 0.3) is 0 Å². The minimum absolute atomic E-state index is 0. The predicted molar refractivity (Wildman–Crippen MR) is 114 cm³/mol. The van der Waals surface area contributed by atoms with Gasteiger partial charge in [-0.05, 0) is 61.8 Å². The maximum atomic E-state index is 11.7. The third-order valence-corrected chi connectivity index (χ3v) is 6.99. The summed E-state index contributed by atoms with van der Waals surface area (Å²) < 4.78 is 26.2. The minimum Gasteiger partial charge on any atom is -0.327 e. The molecule has 3 N–H and O–H groups in total. The molecular formula is C21H29ClN2O2S. The third kappa shape index (κ3) is 5.55. The number of rotatable bonds is 3. The van der Waals surface area contributed by atoms with Gasteiger partial charge in [0.2, 0.25) is 10.0 Å². The molecule has 0 bridgehead atoms. The van der Waals surface area contributed by atoms with Crippen LogP contribution in [0.2, 0.25) is 0 Å². The van der Waals surface area contributed by atoms with Gasteiger partial charge in [-0.3, -0.25) is 0 Å². The maximum Gasteiger partial charge on any atom is 0.214 e. The maximum absolute atomic E-state index is 11.7. The van der Waals surface area contributed by atoms with Crippen LogP contribution in [0.5, 0.6) is 0 Å². The van der Waals surface area contributed by atoms with Crippen LogP contribution < -0.4 is 10.5 Å². The van der Waals surface area contributed by atoms with E-state index >= 15 is 0 Å². The molecular weight excluding hydrogens is 380 g/mol. The Balaban J connectivity index is 0.000000205. The van der Waals surface area contributed by atoms with E-state index in [1.165, 1.54) is 22.3 Å². The average Bonchev–Trinajstić information content (AvgIpc) is 3.15. The van der Waals surface area contributed by atoms with Gasteiger partial charge < -0.3 is 5.73 Å². The van der Waals surface area contributed by atoms with Crippen molar-refractivity contribution in [1.82, 2.24) is 4.72 Å². The summed E-state index contributed by atoms with van der Waals surface area (Å²) in [5.74, 6) is 0. The number of nitrogens with one attached hydrogen (secondary N) is 1. The molecule has 27 heavy (non-hydrogen) atoms. The highest BCUT2D eigenvalue weighted by Gasteiger charge is 2.26. The monoisotopic (exact) mass is 408 g/mol. The van der Waals surface area contributed by atoms with E-state index in [4.69, 9.17) is 5.73 Å². The molecule has 0 aromatic heterocycles. The van der Waals surface area contributed by atoms with Crippen LogP contribution in [0, 0.1) is 0 Å². The lowest BCUT2D eigenvalue weighted by molar-refractivity contribution is 0.547. The Labute approximate surface area is 169 Å². The Morgan fingerprint density at radius 1 is 0.852 bits per heavy atom. The first-order chi connectivity index (χ1) is 12.3. The van der Waals surface area contributed by atoms with E-state index in [9.17, 15) is 8.42 Å². The standard InChI is InChI=1S/C12H17NO2S.C9H11N.ClH/c1-9(2)16(14,15)13-12-7-10-5-3-4-6-11(10)8-12;10-9-5-7-3-1-2-4-8(7)6-9;/h3-6,9,12-13H,7-8H2,1-2H3;1-4,9H,5-6,10H2;1H. The van der Waals surface area contributed by atoms with Gasteiger partial charge in [-0.15, -0.1) is 12.4 Å². The zero-order valence-electron chi connectivity index (χ0n) is 15.9. The molecule has 0 unspecified atom stereocenters. The highest BCUT2D eigenvalue weighted by Crippen LogP contribution is 2.22. The van der Waals surface area contributed by atoms with Crippen molar-refractivity contribution in [1.29, 1.82) is 0 Å². The van der Waals surface area contributed by atoms with Crippen molar-refractivity contribution in [3.63, 3.8) is 0 Å². The van der Waals surface area contributed by atoms with E-state index < -0.39 is 10.0 Å². The first kappa shape index (κ1) is 21.9. The second kappa shape index (κ2) is 9.20. The van der Waals surface area contributed by atoms with Gasteiger partial charge in [0.25, 0.3) is 0 Å². The summed E-state index contributed by atoms with van der Waals surface area (Å²) in [6.45, 7) is 3.40. The number of benzene rings is 2. The fourth-order valence-electron chi connectivity index (χ4n) is 3.60. The van der Waals surface area contributed by atoms with Crippen LogP contribution >= 0.6 is 12.4 Å². The molecule has 0 spiro atoms. The van der Waals surface area contributed by atoms with Gasteiger partial charge in [-0.2, -0.15) is 0 Å². The smallest absolute Gasteiger partial charge is 0.214 e. The Bertz CT molecular complexity index is 818. The topological polar surface area (TPSA) is 72.2 Å². The zero-order chi connectivity index (χ0) is 18.7. The lowest BCUT2D eigenvalue weighted by Gasteiger charge is -2.14. The van der Waals surface area contributed by atoms with Crippen molar-refractivity contribution in [3.05, 3.63) is 70.8 Å². The summed E-state index contributed by atoms with van der Waals surface area (Å²) in [6, 6.07) is 17.0. The van der Waals surface area contributed by atoms with E-state index in [-0.39, 0.29) is 23.7 Å². The molecule has 2 aromatic carbocycles. The first-order valence-corrected chi connectivity index (χ1v) is 10.8. The summed E-state index contributed by atoms with van der Waals surface area (Å²) in [4.78, 5) is 0. The fourth-order valence-corrected chi connectivity index (χ4v) is 4.51. The number of halogens is 1. The second-order valence-corrected chi connectivity index (χ2v) is 9.79. The molecule has 2 aliphatic rings. The van der Waals surface area contributed by atoms with Crippen molar-refractivity contribution in [2.75, 3.05) is 0 Å². The Hall–Kier alpha value is -1.40. The molecule has 2 aliphatic carbocycles. The van der Waals surface area contributed by atoms with E-state index in [0.29, 0.717) is 6.04 Å². The summed E-state index contributed by atoms with van der Waals surface area (Å²) in [5.41, 5.74) is 11.2. The first-order valence-electron chi connectivity index (χ1n) is 9.25. The molecule has 0 saturated carbocycles. The number of fused-ring (bicyclic) bond motifs is 2. The van der Waals surface area contributed by atoms with Gasteiger partial charge in [-0.1, -0.05) is 48.5 Å². The number of nitrogens with two attached hydrogens (primary N) is 1. The van der Waals surface area contributed by atoms with Crippen molar-refractivity contribution in [2.24, 2.45) is 5.73 Å². The van der Waals surface area contributed by atoms with Crippen LogP contribution in [0.1, 0.15) is 36.1 Å². The van der Waals surface area contributed by atoms with Gasteiger partial charge in [0.1, 0.15) is 0 Å². The van der Waals surface area contributed by atoms with Crippen LogP contribution in [0.15, 0.2) is 48.5 Å². The minimum atomic E-state index is -3.15. The summed E-state index contributed by atoms with van der Waals surface area (Å²) >= 11 is 0. The molecule has 4 rings (SSSR count). The van der Waals surface area contributed by atoms with Gasteiger partial charge in [-0.25, -0.2) is 13.1 Å². The normalized spacial score (nSPS) is 16.3. The molecule has 6 heteroatoms. The molecule has 0 saturated heterocycles. The number of sulfonamides is 1. The zero-order valence-corrected chi connectivity index (χ0v) is 17.5. The van der Waals surface area contributed by atoms with E-state index in [2.05, 4.69) is 41.1 Å². The fraction of sp³-hybridized carbons (Fsp3) is 0.429. The van der Waals surface area contributed by atoms with E-state index in [1.54, 1.807) is 13.8 Å². The number of hydrogen-bond acceptors (Lipinski definition) is 3. The van der Waals surface area contributed by atoms with Crippen molar-refractivity contribution < 1.29 is 8.42 Å². The van der Waals surface area contributed by atoms with Crippen LogP contribution in [0.4, 0.5) is 0 Å². The summed E-state index contributed by atoms with van der Waals surface area (Å²) in [7, 11) is -3.15. The van der Waals surface area contributed by atoms with Gasteiger partial charge >= 0.3 is 0 Å². The van der Waals surface area contributed by atoms with Crippen molar-refractivity contribution >= 4 is 22.4 Å². The molecule has 4 nitrogen and oxygen atoms in total. The quantitative estimate of drug-likeness (QED) is 0.819. The largest absolute Gasteiger partial charge is 0.327 e. The van der Waals surface area contributed by atoms with E-state index in [0.717, 1.165) is 25.7 Å². The molecule has 0 heterocycles. The van der Waals surface area contributed by atoms with Crippen LogP contribution in [-0.4, -0.2) is 25.8 Å². The van der Waals surface area contributed by atoms with Crippen molar-refractivity contribution in [3.8, 4) is 0 Å². The lowest BCUT2D eigenvalue weighted by Crippen LogP contribution is -2.39. The molecule has 2 aromatic rings. The highest BCUT2D eigenvalue weighted by molar-refractivity contribution is 7.90. The second-order valence-electron chi connectivity index (χ2n) is 7.52. The molecule has 0 radical (unpaired) electrons.